The Morgan fingerprint density at radius 1 is 1.14 bits per heavy atom. The highest BCUT2D eigenvalue weighted by Gasteiger charge is 2.37. The number of rotatable bonds is 4. The van der Waals surface area contributed by atoms with Crippen molar-refractivity contribution >= 4 is 17.5 Å². The molecule has 9 heteroatoms. The summed E-state index contributed by atoms with van der Waals surface area (Å²) in [6, 6.07) is 7.83. The summed E-state index contributed by atoms with van der Waals surface area (Å²) in [5, 5.41) is 15.1. The number of halogens is 1. The number of hydrogen-bond donors (Lipinski definition) is 1. The van der Waals surface area contributed by atoms with Crippen molar-refractivity contribution < 1.29 is 19.1 Å². The van der Waals surface area contributed by atoms with Crippen LogP contribution in [-0.2, 0) is 4.79 Å². The molecule has 1 aliphatic heterocycles. The van der Waals surface area contributed by atoms with Gasteiger partial charge in [-0.25, -0.2) is 13.9 Å². The minimum atomic E-state index is -1.10. The molecule has 0 aliphatic carbocycles. The van der Waals surface area contributed by atoms with Crippen molar-refractivity contribution in [1.82, 2.24) is 24.4 Å². The molecule has 8 nitrogen and oxygen atoms in total. The monoisotopic (exact) mass is 495 g/mol. The molecule has 4 rings (SSSR count). The minimum Gasteiger partial charge on any atom is -0.383 e. The minimum absolute atomic E-state index is 0.129. The average Bonchev–Trinajstić information content (AvgIpc) is 3.26. The number of carbonyl (C=O) groups is 2. The average molecular weight is 496 g/mol. The maximum atomic E-state index is 13.4. The quantitative estimate of drug-likeness (QED) is 0.596. The van der Waals surface area contributed by atoms with Crippen molar-refractivity contribution in [2.24, 2.45) is 5.41 Å². The number of fused-ring (bicyclic) bond motifs is 1. The van der Waals surface area contributed by atoms with E-state index >= 15 is 0 Å². The zero-order chi connectivity index (χ0) is 26.4. The van der Waals surface area contributed by atoms with E-state index in [1.165, 1.54) is 12.1 Å². The van der Waals surface area contributed by atoms with Crippen LogP contribution in [0.25, 0.3) is 16.9 Å². The molecule has 1 saturated heterocycles. The van der Waals surface area contributed by atoms with Crippen LogP contribution in [0.1, 0.15) is 63.5 Å². The van der Waals surface area contributed by atoms with Crippen LogP contribution in [0, 0.1) is 11.2 Å². The Hall–Kier alpha value is -3.33. The van der Waals surface area contributed by atoms with Gasteiger partial charge in [0.2, 0.25) is 0 Å². The van der Waals surface area contributed by atoms with Gasteiger partial charge in [0.1, 0.15) is 17.6 Å². The van der Waals surface area contributed by atoms with Crippen LogP contribution >= 0.6 is 0 Å². The number of carbonyl (C=O) groups excluding carboxylic acids is 2. The Morgan fingerprint density at radius 3 is 2.39 bits per heavy atom. The molecule has 1 aliphatic rings. The van der Waals surface area contributed by atoms with E-state index in [-0.39, 0.29) is 35.3 Å². The lowest BCUT2D eigenvalue weighted by molar-refractivity contribution is -0.149. The van der Waals surface area contributed by atoms with Gasteiger partial charge in [-0.1, -0.05) is 34.6 Å². The van der Waals surface area contributed by atoms with Crippen molar-refractivity contribution in [3.63, 3.8) is 0 Å². The van der Waals surface area contributed by atoms with Crippen LogP contribution in [0.4, 0.5) is 4.39 Å². The number of amides is 2. The standard InChI is InChI=1S/C27H34FN5O3/c1-16(2)20-13-21(18-7-9-19(28)10-8-18)30-33-15-22(29-24(20)33)25(35)31-11-12-32(17(3)14-31)26(36)23(34)27(4,5)6/h7-10,13,15-17,23,34H,11-12,14H2,1-6H3/t17-,23-/m0/s1. The molecule has 3 aromatic rings. The second kappa shape index (κ2) is 9.61. The Labute approximate surface area is 210 Å². The van der Waals surface area contributed by atoms with Crippen molar-refractivity contribution in [1.29, 1.82) is 0 Å². The fourth-order valence-corrected chi connectivity index (χ4v) is 4.45. The summed E-state index contributed by atoms with van der Waals surface area (Å²) in [5.41, 5.74) is 2.70. The molecule has 1 fully saturated rings. The van der Waals surface area contributed by atoms with Crippen LogP contribution in [0.15, 0.2) is 36.5 Å². The third-order valence-corrected chi connectivity index (χ3v) is 6.69. The highest BCUT2D eigenvalue weighted by Crippen LogP contribution is 2.27. The second-order valence-corrected chi connectivity index (χ2v) is 10.9. The second-order valence-electron chi connectivity index (χ2n) is 10.9. The van der Waals surface area contributed by atoms with Gasteiger partial charge in [0, 0.05) is 36.8 Å². The number of aliphatic hydroxyl groups excluding tert-OH is 1. The third-order valence-electron chi connectivity index (χ3n) is 6.69. The van der Waals surface area contributed by atoms with Crippen molar-refractivity contribution in [3.8, 4) is 11.3 Å². The first-order valence-electron chi connectivity index (χ1n) is 12.3. The van der Waals surface area contributed by atoms with Gasteiger partial charge in [-0.3, -0.25) is 9.59 Å². The maximum absolute atomic E-state index is 13.4. The van der Waals surface area contributed by atoms with E-state index in [1.54, 1.807) is 32.6 Å². The Kier molecular flexibility index (Phi) is 6.88. The first kappa shape index (κ1) is 25.8. The number of aliphatic hydroxyl groups is 1. The molecule has 36 heavy (non-hydrogen) atoms. The van der Waals surface area contributed by atoms with E-state index < -0.39 is 11.5 Å². The van der Waals surface area contributed by atoms with E-state index in [0.29, 0.717) is 31.0 Å². The van der Waals surface area contributed by atoms with E-state index in [0.717, 1.165) is 11.1 Å². The topological polar surface area (TPSA) is 91.0 Å². The lowest BCUT2D eigenvalue weighted by Crippen LogP contribution is -2.58. The Morgan fingerprint density at radius 2 is 1.81 bits per heavy atom. The zero-order valence-corrected chi connectivity index (χ0v) is 21.7. The number of nitrogens with zero attached hydrogens (tertiary/aromatic N) is 5. The predicted octanol–water partition coefficient (Wildman–Crippen LogP) is 3.74. The van der Waals surface area contributed by atoms with Crippen LogP contribution in [0.2, 0.25) is 0 Å². The first-order chi connectivity index (χ1) is 16.9. The molecule has 1 N–H and O–H groups in total. The summed E-state index contributed by atoms with van der Waals surface area (Å²) in [7, 11) is 0. The summed E-state index contributed by atoms with van der Waals surface area (Å²) in [6.07, 6.45) is 0.527. The normalized spacial score (nSPS) is 17.6. The summed E-state index contributed by atoms with van der Waals surface area (Å²) >= 11 is 0. The first-order valence-corrected chi connectivity index (χ1v) is 12.3. The van der Waals surface area contributed by atoms with Crippen molar-refractivity contribution in [2.45, 2.75) is 59.6 Å². The Balaban J connectivity index is 1.58. The van der Waals surface area contributed by atoms with Crippen LogP contribution in [0.3, 0.4) is 0 Å². The molecule has 0 saturated carbocycles. The van der Waals surface area contributed by atoms with Gasteiger partial charge in [-0.05, 0) is 48.6 Å². The Bertz CT molecular complexity index is 1280. The van der Waals surface area contributed by atoms with Gasteiger partial charge in [-0.2, -0.15) is 5.10 Å². The molecule has 0 spiro atoms. The molecule has 0 radical (unpaired) electrons. The molecule has 192 valence electrons. The van der Waals surface area contributed by atoms with Gasteiger partial charge < -0.3 is 14.9 Å². The van der Waals surface area contributed by atoms with Gasteiger partial charge in [0.05, 0.1) is 11.9 Å². The molecular weight excluding hydrogens is 461 g/mol. The number of imidazole rings is 1. The summed E-state index contributed by atoms with van der Waals surface area (Å²) in [5.74, 6) is -0.727. The largest absolute Gasteiger partial charge is 0.383 e. The zero-order valence-electron chi connectivity index (χ0n) is 21.7. The lowest BCUT2D eigenvalue weighted by Gasteiger charge is -2.41. The molecule has 0 bridgehead atoms. The van der Waals surface area contributed by atoms with Crippen molar-refractivity contribution in [2.75, 3.05) is 19.6 Å². The van der Waals surface area contributed by atoms with E-state index in [1.807, 2.05) is 47.6 Å². The van der Waals surface area contributed by atoms with Crippen LogP contribution < -0.4 is 0 Å². The summed E-state index contributed by atoms with van der Waals surface area (Å²) in [4.78, 5) is 34.2. The van der Waals surface area contributed by atoms with Crippen LogP contribution in [-0.4, -0.2) is 73.1 Å². The molecule has 2 amide bonds. The fraction of sp³-hybridized carbons (Fsp3) is 0.481. The SMILES string of the molecule is CC(C)c1cc(-c2ccc(F)cc2)nn2cc(C(=O)N3CCN(C(=O)[C@H](O)C(C)(C)C)[C@@H](C)C3)nc12. The molecule has 2 aromatic heterocycles. The third kappa shape index (κ3) is 4.97. The van der Waals surface area contributed by atoms with E-state index in [2.05, 4.69) is 10.1 Å². The number of hydrogen-bond acceptors (Lipinski definition) is 5. The molecule has 2 atom stereocenters. The molecule has 1 aromatic carbocycles. The van der Waals surface area contributed by atoms with E-state index in [9.17, 15) is 19.1 Å². The summed E-state index contributed by atoms with van der Waals surface area (Å²) < 4.78 is 15.0. The number of piperazine rings is 1. The maximum Gasteiger partial charge on any atom is 0.274 e. The van der Waals surface area contributed by atoms with Gasteiger partial charge in [0.15, 0.2) is 5.65 Å². The van der Waals surface area contributed by atoms with Gasteiger partial charge in [0.25, 0.3) is 11.8 Å². The van der Waals surface area contributed by atoms with Gasteiger partial charge in [-0.15, -0.1) is 0 Å². The fourth-order valence-electron chi connectivity index (χ4n) is 4.45. The molecule has 3 heterocycles. The molecular formula is C27H34FN5O3. The number of aromatic nitrogens is 3. The van der Waals surface area contributed by atoms with E-state index in [4.69, 9.17) is 0 Å². The van der Waals surface area contributed by atoms with Crippen LogP contribution in [0.5, 0.6) is 0 Å². The van der Waals surface area contributed by atoms with Crippen molar-refractivity contribution in [3.05, 3.63) is 53.6 Å². The molecule has 0 unspecified atom stereocenters. The summed E-state index contributed by atoms with van der Waals surface area (Å²) in [6.45, 7) is 12.5. The van der Waals surface area contributed by atoms with Gasteiger partial charge >= 0.3 is 0 Å². The predicted molar refractivity (Wildman–Crippen MR) is 135 cm³/mol. The smallest absolute Gasteiger partial charge is 0.274 e. The highest BCUT2D eigenvalue weighted by molar-refractivity contribution is 5.93. The number of benzene rings is 1. The lowest BCUT2D eigenvalue weighted by atomic mass is 9.88. The highest BCUT2D eigenvalue weighted by atomic mass is 19.1.